The fraction of sp³-hybridized carbons (Fsp3) is 1.00. The van der Waals surface area contributed by atoms with Crippen LogP contribution >= 0.6 is 0 Å². The van der Waals surface area contributed by atoms with Gasteiger partial charge in [-0.3, -0.25) is 0 Å². The van der Waals surface area contributed by atoms with Crippen molar-refractivity contribution in [3.63, 3.8) is 0 Å². The first kappa shape index (κ1) is 17.8. The molecule has 4 N–H and O–H groups in total. The van der Waals surface area contributed by atoms with Crippen molar-refractivity contribution in [1.82, 2.24) is 0 Å². The molecule has 0 aliphatic rings. The van der Waals surface area contributed by atoms with Gasteiger partial charge < -0.3 is 30.8 Å². The molecule has 0 spiro atoms. The molecular weight excluding hydrogens is 236 g/mol. The Hall–Kier alpha value is -0.240. The lowest BCUT2D eigenvalue weighted by Gasteiger charge is -2.30. The molecule has 0 fully saturated rings. The zero-order valence-electron chi connectivity index (χ0n) is 12.0. The summed E-state index contributed by atoms with van der Waals surface area (Å²) in [7, 11) is 0. The predicted octanol–water partition coefficient (Wildman–Crippen LogP) is -1.93. The van der Waals surface area contributed by atoms with Gasteiger partial charge in [0.2, 0.25) is 0 Å². The molecule has 0 aromatic carbocycles. The van der Waals surface area contributed by atoms with Crippen LogP contribution in [0.25, 0.3) is 0 Å². The molecule has 6 nitrogen and oxygen atoms in total. The van der Waals surface area contributed by atoms with Crippen molar-refractivity contribution in [1.29, 1.82) is 0 Å². The van der Waals surface area contributed by atoms with E-state index in [4.69, 9.17) is 0 Å². The lowest BCUT2D eigenvalue weighted by Crippen LogP contribution is -3.16. The van der Waals surface area contributed by atoms with Gasteiger partial charge in [0.25, 0.3) is 0 Å². The zero-order valence-corrected chi connectivity index (χ0v) is 12.0. The normalized spacial score (nSPS) is 16.7. The second-order valence-electron chi connectivity index (χ2n) is 6.20. The zero-order chi connectivity index (χ0) is 14.4. The minimum atomic E-state index is -0.833. The number of hydrogen-bond acceptors (Lipinski definition) is 4. The summed E-state index contributed by atoms with van der Waals surface area (Å²) in [5.41, 5.74) is -1.67. The second kappa shape index (κ2) is 7.37. The van der Waals surface area contributed by atoms with Gasteiger partial charge >= 0.3 is 0 Å². The minimum absolute atomic E-state index is 0.00809. The average Bonchev–Trinajstić information content (AvgIpc) is 2.18. The highest BCUT2D eigenvalue weighted by Gasteiger charge is 2.16. The number of rotatable bonds is 9. The molecule has 0 bridgehead atoms. The molecule has 2 unspecified atom stereocenters. The molecule has 18 heavy (non-hydrogen) atoms. The van der Waals surface area contributed by atoms with Crippen molar-refractivity contribution >= 4 is 0 Å². The van der Waals surface area contributed by atoms with E-state index in [0.29, 0.717) is 25.9 Å². The van der Waals surface area contributed by atoms with Gasteiger partial charge in [0.1, 0.15) is 13.1 Å². The van der Waals surface area contributed by atoms with E-state index < -0.39 is 11.2 Å². The molecule has 0 saturated heterocycles. The van der Waals surface area contributed by atoms with Crippen molar-refractivity contribution in [2.75, 3.05) is 26.2 Å². The van der Waals surface area contributed by atoms with E-state index in [1.54, 1.807) is 27.7 Å². The predicted molar refractivity (Wildman–Crippen MR) is 70.0 cm³/mol. The van der Waals surface area contributed by atoms with Crippen molar-refractivity contribution in [2.45, 2.75) is 51.7 Å². The minimum Gasteiger partial charge on any atom is -0.634 e. The van der Waals surface area contributed by atoms with Crippen molar-refractivity contribution in [2.24, 2.45) is 0 Å². The van der Waals surface area contributed by atoms with Gasteiger partial charge in [-0.25, -0.2) is 0 Å². The van der Waals surface area contributed by atoms with E-state index in [-0.39, 0.29) is 23.2 Å². The third-order valence-corrected chi connectivity index (χ3v) is 2.71. The monoisotopic (exact) mass is 264 g/mol. The van der Waals surface area contributed by atoms with Crippen molar-refractivity contribution in [3.05, 3.63) is 10.4 Å². The lowest BCUT2D eigenvalue weighted by molar-refractivity contribution is -0.909. The summed E-state index contributed by atoms with van der Waals surface area (Å²) in [6.45, 7) is 7.74. The van der Waals surface area contributed by atoms with E-state index in [2.05, 4.69) is 0 Å². The Labute approximate surface area is 109 Å². The second-order valence-corrected chi connectivity index (χ2v) is 6.20. The first-order valence-corrected chi connectivity index (χ1v) is 6.48. The quantitative estimate of drug-likeness (QED) is 0.365. The van der Waals surface area contributed by atoms with Crippen LogP contribution in [0, 0.1) is 10.4 Å². The van der Waals surface area contributed by atoms with Crippen LogP contribution in [0.1, 0.15) is 40.5 Å². The van der Waals surface area contributed by atoms with Crippen LogP contribution in [0.3, 0.4) is 0 Å². The van der Waals surface area contributed by atoms with Crippen LogP contribution in [-0.4, -0.2) is 47.6 Å². The van der Waals surface area contributed by atoms with Crippen LogP contribution in [0.5, 0.6) is 0 Å². The molecule has 0 saturated carbocycles. The topological polar surface area (TPSA) is 95.5 Å². The van der Waals surface area contributed by atoms with Gasteiger partial charge in [-0.2, -0.15) is 0 Å². The van der Waals surface area contributed by atoms with Gasteiger partial charge in [-0.05, 0) is 27.7 Å². The highest BCUT2D eigenvalue weighted by Crippen LogP contribution is 2.04. The van der Waals surface area contributed by atoms with Crippen LogP contribution in [0.4, 0.5) is 0 Å². The summed E-state index contributed by atoms with van der Waals surface area (Å²) < 4.78 is 0. The summed E-state index contributed by atoms with van der Waals surface area (Å²) >= 11 is 0. The number of aliphatic hydroxyl groups is 2. The van der Waals surface area contributed by atoms with Gasteiger partial charge in [0.05, 0.1) is 24.3 Å². The molecule has 0 heterocycles. The van der Waals surface area contributed by atoms with Crippen LogP contribution in [-0.2, 0) is 0 Å². The standard InChI is InChI=1S/C12H28N2O4/c1-11(2,15)5-7-13(17)9-10-14(18)8-6-12(3,4)16/h13-16H,5-10H2,1-4H3. The van der Waals surface area contributed by atoms with Crippen LogP contribution < -0.4 is 10.1 Å². The van der Waals surface area contributed by atoms with Gasteiger partial charge in [-0.1, -0.05) is 0 Å². The Kier molecular flexibility index (Phi) is 7.28. The fourth-order valence-electron chi connectivity index (χ4n) is 1.42. The highest BCUT2D eigenvalue weighted by molar-refractivity contribution is 4.63. The Balaban J connectivity index is 3.68. The first-order valence-electron chi connectivity index (χ1n) is 6.48. The van der Waals surface area contributed by atoms with E-state index in [0.717, 1.165) is 0 Å². The third-order valence-electron chi connectivity index (χ3n) is 2.71. The van der Waals surface area contributed by atoms with Crippen molar-refractivity contribution in [3.8, 4) is 0 Å². The number of quaternary nitrogens is 2. The summed E-state index contributed by atoms with van der Waals surface area (Å²) in [6.07, 6.45) is 0.841. The van der Waals surface area contributed by atoms with E-state index >= 15 is 0 Å². The Bertz CT molecular complexity index is 199. The Morgan fingerprint density at radius 3 is 1.22 bits per heavy atom. The van der Waals surface area contributed by atoms with Crippen LogP contribution in [0.2, 0.25) is 0 Å². The molecule has 0 rings (SSSR count). The molecule has 0 aliphatic heterocycles. The SMILES string of the molecule is CC(C)(O)CC[NH+]([O-])CC[NH+]([O-])CCC(C)(C)O. The summed E-state index contributed by atoms with van der Waals surface area (Å²) in [5.74, 6) is 0. The summed E-state index contributed by atoms with van der Waals surface area (Å²) in [5, 5.41) is 41.9. The largest absolute Gasteiger partial charge is 0.634 e. The Morgan fingerprint density at radius 1 is 0.722 bits per heavy atom. The molecule has 0 radical (unpaired) electrons. The first-order chi connectivity index (χ1) is 7.99. The maximum absolute atomic E-state index is 11.5. The lowest BCUT2D eigenvalue weighted by atomic mass is 10.1. The fourth-order valence-corrected chi connectivity index (χ4v) is 1.42. The van der Waals surface area contributed by atoms with Gasteiger partial charge in [0, 0.05) is 12.8 Å². The summed E-state index contributed by atoms with van der Waals surface area (Å²) in [4.78, 5) is 0. The summed E-state index contributed by atoms with van der Waals surface area (Å²) in [6, 6.07) is 0. The van der Waals surface area contributed by atoms with Crippen LogP contribution in [0.15, 0.2) is 0 Å². The molecule has 0 amide bonds. The van der Waals surface area contributed by atoms with E-state index in [1.807, 2.05) is 0 Å². The van der Waals surface area contributed by atoms with Gasteiger partial charge in [0.15, 0.2) is 0 Å². The number of hydrogen-bond donors (Lipinski definition) is 4. The van der Waals surface area contributed by atoms with E-state index in [1.165, 1.54) is 0 Å². The molecule has 110 valence electrons. The number of nitrogens with one attached hydrogen (secondary N) is 2. The Morgan fingerprint density at radius 2 is 1.00 bits per heavy atom. The smallest absolute Gasteiger partial charge is 0.127 e. The van der Waals surface area contributed by atoms with E-state index in [9.17, 15) is 20.6 Å². The maximum atomic E-state index is 11.5. The average molecular weight is 264 g/mol. The molecule has 0 aromatic rings. The molecule has 0 aliphatic carbocycles. The van der Waals surface area contributed by atoms with Crippen molar-refractivity contribution < 1.29 is 20.3 Å². The van der Waals surface area contributed by atoms with Gasteiger partial charge in [-0.15, -0.1) is 0 Å². The molecular formula is C12H28N2O4. The maximum Gasteiger partial charge on any atom is 0.127 e. The number of hydroxylamine groups is 4. The highest BCUT2D eigenvalue weighted by atomic mass is 16.5. The third kappa shape index (κ3) is 12.2. The molecule has 0 aromatic heterocycles. The molecule has 2 atom stereocenters. The molecule has 6 heteroatoms.